The lowest BCUT2D eigenvalue weighted by molar-refractivity contribution is -0.144. The van der Waals surface area contributed by atoms with Crippen molar-refractivity contribution in [2.24, 2.45) is 11.8 Å². The van der Waals surface area contributed by atoms with Gasteiger partial charge in [0.15, 0.2) is 0 Å². The molecule has 0 spiro atoms. The van der Waals surface area contributed by atoms with Crippen molar-refractivity contribution >= 4 is 11.9 Å². The summed E-state index contributed by atoms with van der Waals surface area (Å²) in [6.45, 7) is 3.95. The first-order valence-corrected chi connectivity index (χ1v) is 6.53. The van der Waals surface area contributed by atoms with Gasteiger partial charge in [-0.15, -0.1) is 0 Å². The van der Waals surface area contributed by atoms with Crippen LogP contribution in [0.15, 0.2) is 24.3 Å². The molecule has 0 amide bonds. The van der Waals surface area contributed by atoms with Crippen LogP contribution >= 0.6 is 0 Å². The largest absolute Gasteiger partial charge is 0.493 e. The molecule has 2 unspecified atom stereocenters. The second kappa shape index (κ2) is 7.53. The number of aliphatic carboxylic acids is 1. The zero-order valence-electron chi connectivity index (χ0n) is 12.0. The van der Waals surface area contributed by atoms with E-state index in [2.05, 4.69) is 4.74 Å². The number of hydrogen-bond acceptors (Lipinski definition) is 4. The Morgan fingerprint density at radius 2 is 1.85 bits per heavy atom. The zero-order valence-corrected chi connectivity index (χ0v) is 12.0. The van der Waals surface area contributed by atoms with Crippen molar-refractivity contribution in [3.8, 4) is 5.75 Å². The van der Waals surface area contributed by atoms with Gasteiger partial charge in [-0.05, 0) is 30.2 Å². The molecule has 1 N–H and O–H groups in total. The highest BCUT2D eigenvalue weighted by Gasteiger charge is 2.24. The van der Waals surface area contributed by atoms with Gasteiger partial charge in [0.05, 0.1) is 18.6 Å². The Hall–Kier alpha value is -2.04. The molecule has 0 heterocycles. The topological polar surface area (TPSA) is 72.8 Å². The van der Waals surface area contributed by atoms with Crippen molar-refractivity contribution in [1.29, 1.82) is 0 Å². The minimum absolute atomic E-state index is 0.0434. The minimum Gasteiger partial charge on any atom is -0.493 e. The van der Waals surface area contributed by atoms with Gasteiger partial charge >= 0.3 is 11.9 Å². The molecule has 0 aliphatic carbocycles. The molecule has 0 fully saturated rings. The summed E-state index contributed by atoms with van der Waals surface area (Å²) in [7, 11) is 1.32. The van der Waals surface area contributed by atoms with E-state index >= 15 is 0 Å². The Bertz CT molecular complexity index is 452. The van der Waals surface area contributed by atoms with E-state index < -0.39 is 17.9 Å². The first-order chi connectivity index (χ1) is 9.49. The summed E-state index contributed by atoms with van der Waals surface area (Å²) in [6, 6.07) is 6.42. The van der Waals surface area contributed by atoms with Crippen LogP contribution in [0.4, 0.5) is 0 Å². The van der Waals surface area contributed by atoms with Gasteiger partial charge in [0.2, 0.25) is 0 Å². The molecule has 1 aromatic rings. The number of hydrogen-bond donors (Lipinski definition) is 1. The van der Waals surface area contributed by atoms with Gasteiger partial charge in [0.1, 0.15) is 12.4 Å². The molecule has 0 bridgehead atoms. The second-order valence-corrected chi connectivity index (χ2v) is 4.66. The predicted octanol–water partition coefficient (Wildman–Crippen LogP) is 2.60. The van der Waals surface area contributed by atoms with Crippen LogP contribution in [0, 0.1) is 11.8 Å². The third kappa shape index (κ3) is 4.26. The maximum Gasteiger partial charge on any atom is 0.337 e. The molecule has 20 heavy (non-hydrogen) atoms. The second-order valence-electron chi connectivity index (χ2n) is 4.66. The fourth-order valence-corrected chi connectivity index (χ4v) is 1.75. The summed E-state index contributed by atoms with van der Waals surface area (Å²) in [4.78, 5) is 22.4. The lowest BCUT2D eigenvalue weighted by atomic mass is 9.93. The monoisotopic (exact) mass is 280 g/mol. The Morgan fingerprint density at radius 1 is 1.25 bits per heavy atom. The van der Waals surface area contributed by atoms with E-state index in [0.717, 1.165) is 6.42 Å². The van der Waals surface area contributed by atoms with E-state index in [1.165, 1.54) is 7.11 Å². The number of esters is 1. The summed E-state index contributed by atoms with van der Waals surface area (Å²) < 4.78 is 10.1. The Morgan fingerprint density at radius 3 is 2.30 bits per heavy atom. The van der Waals surface area contributed by atoms with Crippen LogP contribution < -0.4 is 4.74 Å². The van der Waals surface area contributed by atoms with Crippen molar-refractivity contribution in [3.63, 3.8) is 0 Å². The van der Waals surface area contributed by atoms with Crippen LogP contribution in [0.3, 0.4) is 0 Å². The maximum absolute atomic E-state index is 11.3. The molecule has 110 valence electrons. The van der Waals surface area contributed by atoms with Crippen LogP contribution in [0.2, 0.25) is 0 Å². The predicted molar refractivity (Wildman–Crippen MR) is 73.9 cm³/mol. The molecule has 0 aliphatic heterocycles. The molecule has 2 atom stereocenters. The number of benzene rings is 1. The summed E-state index contributed by atoms with van der Waals surface area (Å²) in [6.07, 6.45) is 0.779. The highest BCUT2D eigenvalue weighted by Crippen LogP contribution is 2.19. The summed E-state index contributed by atoms with van der Waals surface area (Å²) in [5, 5.41) is 9.16. The van der Waals surface area contributed by atoms with Crippen molar-refractivity contribution in [3.05, 3.63) is 29.8 Å². The number of rotatable bonds is 7. The third-order valence-electron chi connectivity index (χ3n) is 3.35. The number of carbonyl (C=O) groups is 2. The molecule has 5 nitrogen and oxygen atoms in total. The first kappa shape index (κ1) is 16.0. The van der Waals surface area contributed by atoms with Crippen molar-refractivity contribution < 1.29 is 24.2 Å². The Balaban J connectivity index is 2.64. The molecule has 5 heteroatoms. The molecule has 1 aromatic carbocycles. The van der Waals surface area contributed by atoms with Gasteiger partial charge in [-0.25, -0.2) is 4.79 Å². The molecule has 0 radical (unpaired) electrons. The smallest absolute Gasteiger partial charge is 0.337 e. The van der Waals surface area contributed by atoms with E-state index in [1.807, 2.05) is 13.8 Å². The van der Waals surface area contributed by atoms with Gasteiger partial charge in [-0.2, -0.15) is 0 Å². The van der Waals surface area contributed by atoms with Crippen LogP contribution in [-0.4, -0.2) is 30.8 Å². The van der Waals surface area contributed by atoms with Gasteiger partial charge in [-0.1, -0.05) is 20.3 Å². The van der Waals surface area contributed by atoms with E-state index in [0.29, 0.717) is 11.3 Å². The molecular weight excluding hydrogens is 260 g/mol. The minimum atomic E-state index is -0.856. The summed E-state index contributed by atoms with van der Waals surface area (Å²) in [5.41, 5.74) is 0.427. The number of methoxy groups -OCH3 is 1. The SMILES string of the molecule is CCC(C)C(COc1ccc(C(=O)OC)cc1)C(=O)O. The maximum atomic E-state index is 11.3. The Labute approximate surface area is 118 Å². The van der Waals surface area contributed by atoms with Gasteiger partial charge in [0, 0.05) is 0 Å². The van der Waals surface area contributed by atoms with Crippen LogP contribution in [-0.2, 0) is 9.53 Å². The lowest BCUT2D eigenvalue weighted by Gasteiger charge is -2.19. The average molecular weight is 280 g/mol. The van der Waals surface area contributed by atoms with E-state index in [1.54, 1.807) is 24.3 Å². The lowest BCUT2D eigenvalue weighted by Crippen LogP contribution is -2.27. The molecule has 0 saturated carbocycles. The van der Waals surface area contributed by atoms with Crippen molar-refractivity contribution in [2.45, 2.75) is 20.3 Å². The van der Waals surface area contributed by atoms with Crippen molar-refractivity contribution in [2.75, 3.05) is 13.7 Å². The molecule has 0 aliphatic rings. The normalized spacial score (nSPS) is 13.3. The number of carbonyl (C=O) groups excluding carboxylic acids is 1. The molecule has 0 aromatic heterocycles. The number of ether oxygens (including phenoxy) is 2. The third-order valence-corrected chi connectivity index (χ3v) is 3.35. The fourth-order valence-electron chi connectivity index (χ4n) is 1.75. The van der Waals surface area contributed by atoms with Crippen LogP contribution in [0.1, 0.15) is 30.6 Å². The van der Waals surface area contributed by atoms with Crippen molar-refractivity contribution in [1.82, 2.24) is 0 Å². The van der Waals surface area contributed by atoms with Gasteiger partial charge in [0.25, 0.3) is 0 Å². The standard InChI is InChI=1S/C15H20O5/c1-4-10(2)13(14(16)17)9-20-12-7-5-11(6-8-12)15(18)19-3/h5-8,10,13H,4,9H2,1-3H3,(H,16,17). The summed E-state index contributed by atoms with van der Waals surface area (Å²) >= 11 is 0. The average Bonchev–Trinajstić information content (AvgIpc) is 2.46. The van der Waals surface area contributed by atoms with Crippen LogP contribution in [0.25, 0.3) is 0 Å². The zero-order chi connectivity index (χ0) is 15.1. The van der Waals surface area contributed by atoms with Gasteiger partial charge < -0.3 is 14.6 Å². The fraction of sp³-hybridized carbons (Fsp3) is 0.467. The van der Waals surface area contributed by atoms with Gasteiger partial charge in [-0.3, -0.25) is 4.79 Å². The summed E-state index contributed by atoms with van der Waals surface area (Å²) in [5.74, 6) is -1.24. The van der Waals surface area contributed by atoms with Crippen LogP contribution in [0.5, 0.6) is 5.75 Å². The van der Waals surface area contributed by atoms with E-state index in [9.17, 15) is 9.59 Å². The highest BCUT2D eigenvalue weighted by atomic mass is 16.5. The molecule has 0 saturated heterocycles. The highest BCUT2D eigenvalue weighted by molar-refractivity contribution is 5.89. The Kier molecular flexibility index (Phi) is 6.03. The van der Waals surface area contributed by atoms with E-state index in [4.69, 9.17) is 9.84 Å². The number of carboxylic acid groups (broad SMARTS) is 1. The first-order valence-electron chi connectivity index (χ1n) is 6.53. The van der Waals surface area contributed by atoms with E-state index in [-0.39, 0.29) is 12.5 Å². The quantitative estimate of drug-likeness (QED) is 0.777. The molecular formula is C15H20O5. The molecule has 1 rings (SSSR count). The number of carboxylic acids is 1.